The number of hydrogen-bond acceptors (Lipinski definition) is 6. The summed E-state index contributed by atoms with van der Waals surface area (Å²) in [7, 11) is 0. The fourth-order valence-electron chi connectivity index (χ4n) is 1.88. The number of nitrogens with zero attached hydrogens (tertiary/aromatic N) is 3. The monoisotopic (exact) mass is 246 g/mol. The summed E-state index contributed by atoms with van der Waals surface area (Å²) in [5, 5.41) is 18.6. The normalized spacial score (nSPS) is 12.9. The van der Waals surface area contributed by atoms with Crippen molar-refractivity contribution in [2.24, 2.45) is 0 Å². The van der Waals surface area contributed by atoms with E-state index in [0.29, 0.717) is 5.82 Å². The minimum absolute atomic E-state index is 0.197. The van der Waals surface area contributed by atoms with Crippen LogP contribution in [0, 0.1) is 11.3 Å². The topological polar surface area (TPSA) is 85.7 Å². The van der Waals surface area contributed by atoms with E-state index in [1.807, 2.05) is 6.07 Å². The van der Waals surface area contributed by atoms with Gasteiger partial charge >= 0.3 is 0 Å². The van der Waals surface area contributed by atoms with E-state index in [1.54, 1.807) is 0 Å². The summed E-state index contributed by atoms with van der Waals surface area (Å²) in [6.45, 7) is 4.69. The second-order valence-electron chi connectivity index (χ2n) is 4.22. The Kier molecular flexibility index (Phi) is 4.18. The van der Waals surface area contributed by atoms with Gasteiger partial charge in [0.25, 0.3) is 0 Å². The fraction of sp³-hybridized carbons (Fsp3) is 0.583. The van der Waals surface area contributed by atoms with Gasteiger partial charge in [0.2, 0.25) is 5.82 Å². The zero-order valence-electron chi connectivity index (χ0n) is 10.6. The third-order valence-electron chi connectivity index (χ3n) is 2.80. The highest BCUT2D eigenvalue weighted by molar-refractivity contribution is 5.78. The molecule has 1 aromatic heterocycles. The van der Waals surface area contributed by atoms with Gasteiger partial charge in [0.15, 0.2) is 11.6 Å². The molecule has 0 saturated heterocycles. The summed E-state index contributed by atoms with van der Waals surface area (Å²) in [5.74, 6) is 1.63. The molecule has 3 N–H and O–H groups in total. The van der Waals surface area contributed by atoms with Gasteiger partial charge in [-0.05, 0) is 6.42 Å². The molecule has 0 radical (unpaired) electrons. The van der Waals surface area contributed by atoms with Gasteiger partial charge in [0.1, 0.15) is 11.8 Å². The van der Waals surface area contributed by atoms with Crippen LogP contribution in [0.3, 0.4) is 0 Å². The van der Waals surface area contributed by atoms with Crippen molar-refractivity contribution in [3.8, 4) is 6.07 Å². The van der Waals surface area contributed by atoms with Crippen LogP contribution in [-0.4, -0.2) is 29.6 Å². The minimum Gasteiger partial charge on any atom is -0.377 e. The average Bonchev–Trinajstić information content (AvgIpc) is 2.43. The van der Waals surface area contributed by atoms with E-state index in [4.69, 9.17) is 5.26 Å². The average molecular weight is 246 g/mol. The largest absolute Gasteiger partial charge is 0.377 e. The van der Waals surface area contributed by atoms with Crippen LogP contribution in [0.15, 0.2) is 0 Å². The molecule has 0 fully saturated rings. The quantitative estimate of drug-likeness (QED) is 0.687. The maximum Gasteiger partial charge on any atom is 0.236 e. The van der Waals surface area contributed by atoms with Gasteiger partial charge in [0.05, 0.1) is 0 Å². The lowest BCUT2D eigenvalue weighted by Gasteiger charge is -2.21. The van der Waals surface area contributed by atoms with Crippen molar-refractivity contribution in [1.82, 2.24) is 9.97 Å². The third-order valence-corrected chi connectivity index (χ3v) is 2.80. The maximum atomic E-state index is 8.92. The molecule has 6 nitrogen and oxygen atoms in total. The van der Waals surface area contributed by atoms with Crippen molar-refractivity contribution in [2.45, 2.75) is 26.2 Å². The Hall–Kier alpha value is -2.03. The van der Waals surface area contributed by atoms with Gasteiger partial charge in [-0.3, -0.25) is 0 Å². The number of hydrogen-bond donors (Lipinski definition) is 3. The van der Waals surface area contributed by atoms with Crippen LogP contribution in [-0.2, 0) is 0 Å². The number of nitrogens with one attached hydrogen (secondary N) is 3. The molecule has 1 aliphatic rings. The van der Waals surface area contributed by atoms with E-state index in [9.17, 15) is 0 Å². The fourth-order valence-corrected chi connectivity index (χ4v) is 1.88. The molecule has 0 atom stereocenters. The first-order valence-corrected chi connectivity index (χ1v) is 6.39. The van der Waals surface area contributed by atoms with Crippen molar-refractivity contribution < 1.29 is 0 Å². The molecule has 2 heterocycles. The zero-order valence-corrected chi connectivity index (χ0v) is 10.6. The molecule has 0 bridgehead atoms. The van der Waals surface area contributed by atoms with E-state index < -0.39 is 0 Å². The number of rotatable bonds is 5. The molecular formula is C12H18N6. The third kappa shape index (κ3) is 2.80. The predicted octanol–water partition coefficient (Wildman–Crippen LogP) is 1.79. The molecule has 0 spiro atoms. The van der Waals surface area contributed by atoms with Crippen LogP contribution in [0.25, 0.3) is 0 Å². The first-order valence-electron chi connectivity index (χ1n) is 6.39. The lowest BCUT2D eigenvalue weighted by molar-refractivity contribution is 0.742. The summed E-state index contributed by atoms with van der Waals surface area (Å²) in [6, 6.07) is 1.99. The molecule has 0 aromatic carbocycles. The van der Waals surface area contributed by atoms with Gasteiger partial charge in [-0.2, -0.15) is 15.2 Å². The maximum absolute atomic E-state index is 8.92. The SMILES string of the molecule is CCCCCNc1nc(C#N)nc2c1NCCN2. The Bertz CT molecular complexity index is 451. The molecule has 0 aliphatic carbocycles. The van der Waals surface area contributed by atoms with E-state index in [-0.39, 0.29) is 5.82 Å². The molecule has 0 amide bonds. The van der Waals surface area contributed by atoms with Crippen LogP contribution < -0.4 is 16.0 Å². The highest BCUT2D eigenvalue weighted by atomic mass is 15.2. The van der Waals surface area contributed by atoms with Crippen molar-refractivity contribution in [3.05, 3.63) is 5.82 Å². The van der Waals surface area contributed by atoms with Gasteiger partial charge in [-0.1, -0.05) is 19.8 Å². The second-order valence-corrected chi connectivity index (χ2v) is 4.22. The molecule has 0 unspecified atom stereocenters. The van der Waals surface area contributed by atoms with E-state index in [0.717, 1.165) is 37.6 Å². The van der Waals surface area contributed by atoms with Crippen molar-refractivity contribution in [2.75, 3.05) is 35.6 Å². The first kappa shape index (κ1) is 12.4. The van der Waals surface area contributed by atoms with Gasteiger partial charge in [-0.15, -0.1) is 0 Å². The molecule has 6 heteroatoms. The molecule has 2 rings (SSSR count). The van der Waals surface area contributed by atoms with Crippen LogP contribution in [0.1, 0.15) is 32.0 Å². The molecular weight excluding hydrogens is 228 g/mol. The molecule has 0 saturated carbocycles. The Morgan fingerprint density at radius 2 is 2.11 bits per heavy atom. The number of aromatic nitrogens is 2. The van der Waals surface area contributed by atoms with E-state index in [1.165, 1.54) is 12.8 Å². The smallest absolute Gasteiger partial charge is 0.236 e. The lowest BCUT2D eigenvalue weighted by atomic mass is 10.2. The lowest BCUT2D eigenvalue weighted by Crippen LogP contribution is -2.24. The number of anilines is 3. The molecule has 96 valence electrons. The van der Waals surface area contributed by atoms with Crippen LogP contribution in [0.5, 0.6) is 0 Å². The predicted molar refractivity (Wildman–Crippen MR) is 71.7 cm³/mol. The van der Waals surface area contributed by atoms with Crippen LogP contribution >= 0.6 is 0 Å². The van der Waals surface area contributed by atoms with Crippen LogP contribution in [0.4, 0.5) is 17.3 Å². The highest BCUT2D eigenvalue weighted by Crippen LogP contribution is 2.29. The van der Waals surface area contributed by atoms with Crippen LogP contribution in [0.2, 0.25) is 0 Å². The molecule has 18 heavy (non-hydrogen) atoms. The Labute approximate surface area is 107 Å². The standard InChI is InChI=1S/C12H18N6/c1-2-3-4-5-15-11-10-12(16-7-6-14-10)18-9(8-13)17-11/h14H,2-7H2,1H3,(H2,15,16,17,18). The second kappa shape index (κ2) is 6.05. The molecule has 1 aliphatic heterocycles. The Morgan fingerprint density at radius 1 is 1.28 bits per heavy atom. The minimum atomic E-state index is 0.197. The number of fused-ring (bicyclic) bond motifs is 1. The van der Waals surface area contributed by atoms with Crippen molar-refractivity contribution >= 4 is 17.3 Å². The number of nitriles is 1. The highest BCUT2D eigenvalue weighted by Gasteiger charge is 2.16. The Morgan fingerprint density at radius 3 is 2.89 bits per heavy atom. The van der Waals surface area contributed by atoms with E-state index >= 15 is 0 Å². The Balaban J connectivity index is 2.14. The van der Waals surface area contributed by atoms with Gasteiger partial charge in [-0.25, -0.2) is 0 Å². The van der Waals surface area contributed by atoms with Crippen molar-refractivity contribution in [1.29, 1.82) is 5.26 Å². The van der Waals surface area contributed by atoms with Gasteiger partial charge < -0.3 is 16.0 Å². The molecule has 1 aromatic rings. The summed E-state index contributed by atoms with van der Waals surface area (Å²) in [6.07, 6.45) is 3.48. The summed E-state index contributed by atoms with van der Waals surface area (Å²) in [5.41, 5.74) is 0.872. The first-order chi connectivity index (χ1) is 8.85. The van der Waals surface area contributed by atoms with Crippen molar-refractivity contribution in [3.63, 3.8) is 0 Å². The van der Waals surface area contributed by atoms with E-state index in [2.05, 4.69) is 32.8 Å². The van der Waals surface area contributed by atoms with Gasteiger partial charge in [0, 0.05) is 19.6 Å². The summed E-state index contributed by atoms with van der Waals surface area (Å²) < 4.78 is 0. The number of unbranched alkanes of at least 4 members (excludes halogenated alkanes) is 2. The summed E-state index contributed by atoms with van der Waals surface area (Å²) >= 11 is 0. The summed E-state index contributed by atoms with van der Waals surface area (Å²) in [4.78, 5) is 8.37. The zero-order chi connectivity index (χ0) is 12.8.